The molecule has 5 nitrogen and oxygen atoms in total. The molecule has 0 saturated heterocycles. The molecule has 1 aromatic carbocycles. The van der Waals surface area contributed by atoms with Gasteiger partial charge in [-0.2, -0.15) is 0 Å². The molecule has 1 heterocycles. The van der Waals surface area contributed by atoms with Crippen molar-refractivity contribution in [2.75, 3.05) is 19.1 Å². The Hall–Kier alpha value is -1.75. The number of nitrogens with zero attached hydrogens (tertiary/aromatic N) is 3. The Morgan fingerprint density at radius 1 is 1.33 bits per heavy atom. The number of aromatic nitrogens is 2. The molecule has 0 spiro atoms. The van der Waals surface area contributed by atoms with Gasteiger partial charge >= 0.3 is 6.01 Å². The lowest BCUT2D eigenvalue weighted by atomic mass is 10.2. The van der Waals surface area contributed by atoms with Gasteiger partial charge in [-0.15, -0.1) is 16.7 Å². The van der Waals surface area contributed by atoms with Crippen LogP contribution in [0.15, 0.2) is 28.7 Å². The van der Waals surface area contributed by atoms with Crippen molar-refractivity contribution >= 4 is 17.6 Å². The molecule has 0 atom stereocenters. The molecule has 2 rings (SSSR count). The van der Waals surface area contributed by atoms with E-state index in [0.717, 1.165) is 11.3 Å². The summed E-state index contributed by atoms with van der Waals surface area (Å²) in [6.07, 6.45) is 0. The summed E-state index contributed by atoms with van der Waals surface area (Å²) in [7, 11) is 3.52. The molecule has 0 saturated carbocycles. The molecule has 0 aliphatic carbocycles. The Morgan fingerprint density at radius 3 is 2.78 bits per heavy atom. The molecular formula is C12H14ClN3O2. The van der Waals surface area contributed by atoms with Crippen molar-refractivity contribution < 1.29 is 9.15 Å². The zero-order valence-corrected chi connectivity index (χ0v) is 11.0. The molecule has 0 amide bonds. The van der Waals surface area contributed by atoms with Crippen LogP contribution in [0.3, 0.4) is 0 Å². The summed E-state index contributed by atoms with van der Waals surface area (Å²) in [5, 5.41) is 7.74. The smallest absolute Gasteiger partial charge is 0.318 e. The molecule has 0 bridgehead atoms. The van der Waals surface area contributed by atoms with E-state index in [1.807, 2.05) is 36.2 Å². The van der Waals surface area contributed by atoms with Gasteiger partial charge in [0.05, 0.1) is 13.7 Å². The lowest BCUT2D eigenvalue weighted by molar-refractivity contribution is 0.408. The molecule has 96 valence electrons. The standard InChI is InChI=1S/C12H14ClN3O2/c1-16(12-15-14-11(7-13)18-12)8-9-5-3-4-6-10(9)17-2/h3-6H,7-8H2,1-2H3. The van der Waals surface area contributed by atoms with Gasteiger partial charge in [-0.05, 0) is 6.07 Å². The number of halogens is 1. The van der Waals surface area contributed by atoms with Crippen molar-refractivity contribution in [2.24, 2.45) is 0 Å². The molecule has 0 aliphatic rings. The van der Waals surface area contributed by atoms with Crippen molar-refractivity contribution in [3.8, 4) is 5.75 Å². The monoisotopic (exact) mass is 267 g/mol. The minimum absolute atomic E-state index is 0.218. The largest absolute Gasteiger partial charge is 0.496 e. The summed E-state index contributed by atoms with van der Waals surface area (Å²) in [6.45, 7) is 0.619. The Labute approximate surface area is 110 Å². The molecule has 0 fully saturated rings. The third-order valence-corrected chi connectivity index (χ3v) is 2.73. The van der Waals surface area contributed by atoms with E-state index < -0.39 is 0 Å². The molecule has 0 unspecified atom stereocenters. The Morgan fingerprint density at radius 2 is 2.11 bits per heavy atom. The quantitative estimate of drug-likeness (QED) is 0.779. The van der Waals surface area contributed by atoms with Crippen molar-refractivity contribution in [2.45, 2.75) is 12.4 Å². The predicted octanol–water partition coefficient (Wildman–Crippen LogP) is 2.45. The third-order valence-electron chi connectivity index (χ3n) is 2.50. The van der Waals surface area contributed by atoms with E-state index in [9.17, 15) is 0 Å². The molecule has 1 aromatic heterocycles. The van der Waals surface area contributed by atoms with Gasteiger partial charge in [-0.1, -0.05) is 23.3 Å². The van der Waals surface area contributed by atoms with Gasteiger partial charge in [0.1, 0.15) is 11.6 Å². The number of rotatable bonds is 5. The summed E-state index contributed by atoms with van der Waals surface area (Å²) in [4.78, 5) is 1.85. The highest BCUT2D eigenvalue weighted by atomic mass is 35.5. The SMILES string of the molecule is COc1ccccc1CN(C)c1nnc(CCl)o1. The molecular weight excluding hydrogens is 254 g/mol. The molecule has 0 aliphatic heterocycles. The zero-order valence-electron chi connectivity index (χ0n) is 10.3. The van der Waals surface area contributed by atoms with Crippen LogP contribution in [0.2, 0.25) is 0 Å². The third kappa shape index (κ3) is 2.73. The van der Waals surface area contributed by atoms with Crippen molar-refractivity contribution in [3.63, 3.8) is 0 Å². The molecule has 2 aromatic rings. The number of benzene rings is 1. The Bertz CT molecular complexity index is 516. The number of methoxy groups -OCH3 is 1. The fourth-order valence-corrected chi connectivity index (χ4v) is 1.72. The lowest BCUT2D eigenvalue weighted by Gasteiger charge is -2.15. The van der Waals surface area contributed by atoms with Crippen molar-refractivity contribution in [3.05, 3.63) is 35.7 Å². The van der Waals surface area contributed by atoms with Gasteiger partial charge in [-0.25, -0.2) is 0 Å². The van der Waals surface area contributed by atoms with Crippen LogP contribution in [0.25, 0.3) is 0 Å². The minimum Gasteiger partial charge on any atom is -0.496 e. The van der Waals surface area contributed by atoms with E-state index in [4.69, 9.17) is 20.8 Å². The minimum atomic E-state index is 0.218. The van der Waals surface area contributed by atoms with E-state index in [0.29, 0.717) is 18.5 Å². The van der Waals surface area contributed by atoms with Gasteiger partial charge in [0, 0.05) is 12.6 Å². The Balaban J connectivity index is 2.13. The van der Waals surface area contributed by atoms with E-state index in [1.54, 1.807) is 7.11 Å². The lowest BCUT2D eigenvalue weighted by Crippen LogP contribution is -2.17. The number of anilines is 1. The van der Waals surface area contributed by atoms with Gasteiger partial charge < -0.3 is 14.1 Å². The normalized spacial score (nSPS) is 10.4. The number of hydrogen-bond donors (Lipinski definition) is 0. The fraction of sp³-hybridized carbons (Fsp3) is 0.333. The van der Waals surface area contributed by atoms with Crippen LogP contribution in [0.1, 0.15) is 11.5 Å². The van der Waals surface area contributed by atoms with Crippen LogP contribution in [0, 0.1) is 0 Å². The average Bonchev–Trinajstić information content (AvgIpc) is 2.88. The van der Waals surface area contributed by atoms with Crippen LogP contribution >= 0.6 is 11.6 Å². The van der Waals surface area contributed by atoms with Gasteiger partial charge in [-0.3, -0.25) is 0 Å². The maximum absolute atomic E-state index is 5.62. The first-order valence-corrected chi connectivity index (χ1v) is 5.99. The second-order valence-electron chi connectivity index (χ2n) is 3.78. The fourth-order valence-electron chi connectivity index (χ4n) is 1.61. The summed E-state index contributed by atoms with van der Waals surface area (Å²) >= 11 is 5.62. The Kier molecular flexibility index (Phi) is 4.04. The van der Waals surface area contributed by atoms with E-state index in [2.05, 4.69) is 10.2 Å². The van der Waals surface area contributed by atoms with E-state index in [-0.39, 0.29) is 5.88 Å². The molecule has 0 N–H and O–H groups in total. The number of alkyl halides is 1. The maximum atomic E-state index is 5.62. The van der Waals surface area contributed by atoms with Gasteiger partial charge in [0.2, 0.25) is 5.89 Å². The summed E-state index contributed by atoms with van der Waals surface area (Å²) in [5.41, 5.74) is 1.05. The number of para-hydroxylation sites is 1. The number of ether oxygens (including phenoxy) is 1. The number of hydrogen-bond acceptors (Lipinski definition) is 5. The second-order valence-corrected chi connectivity index (χ2v) is 4.05. The molecule has 18 heavy (non-hydrogen) atoms. The average molecular weight is 268 g/mol. The van der Waals surface area contributed by atoms with E-state index >= 15 is 0 Å². The van der Waals surface area contributed by atoms with Crippen LogP contribution in [0.5, 0.6) is 5.75 Å². The van der Waals surface area contributed by atoms with Crippen molar-refractivity contribution in [1.29, 1.82) is 0 Å². The van der Waals surface area contributed by atoms with Gasteiger partial charge in [0.15, 0.2) is 0 Å². The second kappa shape index (κ2) is 5.73. The van der Waals surface area contributed by atoms with Crippen molar-refractivity contribution in [1.82, 2.24) is 10.2 Å². The van der Waals surface area contributed by atoms with Crippen LogP contribution in [-0.4, -0.2) is 24.4 Å². The molecule has 6 heteroatoms. The highest BCUT2D eigenvalue weighted by Crippen LogP contribution is 2.21. The van der Waals surface area contributed by atoms with Crippen LogP contribution < -0.4 is 9.64 Å². The first-order valence-electron chi connectivity index (χ1n) is 5.46. The predicted molar refractivity (Wildman–Crippen MR) is 69.0 cm³/mol. The molecule has 0 radical (unpaired) electrons. The first-order chi connectivity index (χ1) is 8.74. The van der Waals surface area contributed by atoms with Crippen LogP contribution in [0.4, 0.5) is 6.01 Å². The van der Waals surface area contributed by atoms with E-state index in [1.165, 1.54) is 0 Å². The van der Waals surface area contributed by atoms with Gasteiger partial charge in [0.25, 0.3) is 0 Å². The zero-order chi connectivity index (χ0) is 13.0. The highest BCUT2D eigenvalue weighted by Gasteiger charge is 2.12. The summed E-state index contributed by atoms with van der Waals surface area (Å²) in [5.74, 6) is 1.47. The first kappa shape index (κ1) is 12.7. The topological polar surface area (TPSA) is 51.4 Å². The summed E-state index contributed by atoms with van der Waals surface area (Å²) in [6, 6.07) is 8.25. The highest BCUT2D eigenvalue weighted by molar-refractivity contribution is 6.16. The summed E-state index contributed by atoms with van der Waals surface area (Å²) < 4.78 is 10.7. The van der Waals surface area contributed by atoms with Crippen LogP contribution in [-0.2, 0) is 12.4 Å². The maximum Gasteiger partial charge on any atom is 0.318 e.